The van der Waals surface area contributed by atoms with Crippen LogP contribution in [0.15, 0.2) is 24.3 Å². The third-order valence-corrected chi connectivity index (χ3v) is 2.31. The van der Waals surface area contributed by atoms with E-state index in [-0.39, 0.29) is 5.91 Å². The molecular weight excluding hydrogens is 222 g/mol. The Morgan fingerprint density at radius 1 is 1.35 bits per heavy atom. The van der Waals surface area contributed by atoms with Crippen LogP contribution in [0, 0.1) is 0 Å². The lowest BCUT2D eigenvalue weighted by Gasteiger charge is -2.09. The Hall–Kier alpha value is -2.37. The Labute approximate surface area is 97.4 Å². The average molecular weight is 233 g/mol. The summed E-state index contributed by atoms with van der Waals surface area (Å²) in [5.74, 6) is -0.586. The van der Waals surface area contributed by atoms with E-state index in [1.165, 1.54) is 6.92 Å². The van der Waals surface area contributed by atoms with Crippen molar-refractivity contribution in [1.29, 1.82) is 0 Å². The van der Waals surface area contributed by atoms with Gasteiger partial charge in [0.2, 0.25) is 5.91 Å². The van der Waals surface area contributed by atoms with Crippen LogP contribution in [0.3, 0.4) is 0 Å². The number of benzene rings is 1. The molecule has 1 atom stereocenters. The second-order valence-electron chi connectivity index (χ2n) is 3.70. The SMILES string of the molecule is CC(=O)Nc1cccc(C2NC(=O)NC2=O)c1. The first kappa shape index (κ1) is 11.1. The fraction of sp³-hybridized carbons (Fsp3) is 0.182. The van der Waals surface area contributed by atoms with Crippen LogP contribution in [0.5, 0.6) is 0 Å². The van der Waals surface area contributed by atoms with E-state index in [1.807, 2.05) is 0 Å². The van der Waals surface area contributed by atoms with Crippen LogP contribution >= 0.6 is 0 Å². The minimum atomic E-state index is -0.698. The van der Waals surface area contributed by atoms with Crippen molar-refractivity contribution in [3.63, 3.8) is 0 Å². The highest BCUT2D eigenvalue weighted by atomic mass is 16.2. The number of hydrogen-bond acceptors (Lipinski definition) is 3. The first-order valence-electron chi connectivity index (χ1n) is 5.05. The van der Waals surface area contributed by atoms with Gasteiger partial charge in [0.05, 0.1) is 0 Å². The highest BCUT2D eigenvalue weighted by Crippen LogP contribution is 2.20. The van der Waals surface area contributed by atoms with Gasteiger partial charge in [-0.15, -0.1) is 0 Å². The van der Waals surface area contributed by atoms with Crippen molar-refractivity contribution in [3.05, 3.63) is 29.8 Å². The van der Waals surface area contributed by atoms with E-state index in [4.69, 9.17) is 0 Å². The molecule has 3 N–H and O–H groups in total. The summed E-state index contributed by atoms with van der Waals surface area (Å²) >= 11 is 0. The van der Waals surface area contributed by atoms with Crippen molar-refractivity contribution in [3.8, 4) is 0 Å². The predicted octanol–water partition coefficient (Wildman–Crippen LogP) is 0.525. The minimum absolute atomic E-state index is 0.193. The first-order valence-corrected chi connectivity index (χ1v) is 5.05. The number of carbonyl (C=O) groups excluding carboxylic acids is 3. The molecule has 1 aromatic rings. The molecule has 88 valence electrons. The summed E-state index contributed by atoms with van der Waals surface area (Å²) in [6, 6.07) is 5.57. The molecule has 2 rings (SSSR count). The van der Waals surface area contributed by atoms with Crippen molar-refractivity contribution in [1.82, 2.24) is 10.6 Å². The van der Waals surface area contributed by atoms with Crippen molar-refractivity contribution in [2.45, 2.75) is 13.0 Å². The normalized spacial score (nSPS) is 18.5. The number of anilines is 1. The van der Waals surface area contributed by atoms with Crippen LogP contribution in [0.25, 0.3) is 0 Å². The first-order chi connectivity index (χ1) is 8.06. The maximum absolute atomic E-state index is 11.4. The van der Waals surface area contributed by atoms with E-state index in [0.717, 1.165) is 0 Å². The van der Waals surface area contributed by atoms with Crippen LogP contribution in [-0.4, -0.2) is 17.8 Å². The second-order valence-corrected chi connectivity index (χ2v) is 3.70. The smallest absolute Gasteiger partial charge is 0.322 e. The molecule has 0 aromatic heterocycles. The van der Waals surface area contributed by atoms with Crippen LogP contribution in [0.2, 0.25) is 0 Å². The second kappa shape index (κ2) is 4.25. The molecule has 1 aliphatic rings. The highest BCUT2D eigenvalue weighted by Gasteiger charge is 2.30. The molecule has 0 radical (unpaired) electrons. The molecule has 1 fully saturated rings. The van der Waals surface area contributed by atoms with Gasteiger partial charge in [-0.05, 0) is 17.7 Å². The Bertz CT molecular complexity index is 498. The summed E-state index contributed by atoms with van der Waals surface area (Å²) < 4.78 is 0. The monoisotopic (exact) mass is 233 g/mol. The van der Waals surface area contributed by atoms with Crippen LogP contribution in [-0.2, 0) is 9.59 Å². The summed E-state index contributed by atoms with van der Waals surface area (Å²) in [4.78, 5) is 33.3. The zero-order valence-corrected chi connectivity index (χ0v) is 9.11. The number of hydrogen-bond donors (Lipinski definition) is 3. The largest absolute Gasteiger partial charge is 0.326 e. The molecule has 1 aromatic carbocycles. The maximum atomic E-state index is 11.4. The molecule has 6 heteroatoms. The molecule has 4 amide bonds. The molecule has 17 heavy (non-hydrogen) atoms. The molecule has 6 nitrogen and oxygen atoms in total. The predicted molar refractivity (Wildman–Crippen MR) is 60.2 cm³/mol. The van der Waals surface area contributed by atoms with Gasteiger partial charge in [-0.1, -0.05) is 12.1 Å². The zero-order valence-electron chi connectivity index (χ0n) is 9.11. The molecule has 0 aliphatic carbocycles. The average Bonchev–Trinajstić information content (AvgIpc) is 2.57. The summed E-state index contributed by atoms with van der Waals surface area (Å²) in [5, 5.41) is 7.25. The van der Waals surface area contributed by atoms with Gasteiger partial charge >= 0.3 is 6.03 Å². The summed E-state index contributed by atoms with van der Waals surface area (Å²) in [6.07, 6.45) is 0. The molecular formula is C11H11N3O3. The van der Waals surface area contributed by atoms with Crippen molar-refractivity contribution < 1.29 is 14.4 Å². The van der Waals surface area contributed by atoms with Crippen molar-refractivity contribution in [2.24, 2.45) is 0 Å². The lowest BCUT2D eigenvalue weighted by molar-refractivity contribution is -0.120. The molecule has 1 unspecified atom stereocenters. The highest BCUT2D eigenvalue weighted by molar-refractivity contribution is 6.04. The molecule has 1 aliphatic heterocycles. The lowest BCUT2D eigenvalue weighted by atomic mass is 10.1. The quantitative estimate of drug-likeness (QED) is 0.651. The number of imide groups is 1. The Balaban J connectivity index is 2.24. The van der Waals surface area contributed by atoms with Crippen molar-refractivity contribution >= 4 is 23.5 Å². The Morgan fingerprint density at radius 2 is 2.12 bits per heavy atom. The van der Waals surface area contributed by atoms with Crippen LogP contribution < -0.4 is 16.0 Å². The van der Waals surface area contributed by atoms with Gasteiger partial charge in [-0.25, -0.2) is 4.79 Å². The van der Waals surface area contributed by atoms with Gasteiger partial charge in [-0.2, -0.15) is 0 Å². The number of amides is 4. The van der Waals surface area contributed by atoms with E-state index in [0.29, 0.717) is 11.3 Å². The number of carbonyl (C=O) groups is 3. The Morgan fingerprint density at radius 3 is 2.71 bits per heavy atom. The minimum Gasteiger partial charge on any atom is -0.326 e. The van der Waals surface area contributed by atoms with Gasteiger partial charge in [0.25, 0.3) is 5.91 Å². The molecule has 0 saturated carbocycles. The van der Waals surface area contributed by atoms with Crippen LogP contribution in [0.1, 0.15) is 18.5 Å². The third-order valence-electron chi connectivity index (χ3n) is 2.31. The molecule has 0 bridgehead atoms. The van der Waals surface area contributed by atoms with Crippen LogP contribution in [0.4, 0.5) is 10.5 Å². The maximum Gasteiger partial charge on any atom is 0.322 e. The van der Waals surface area contributed by atoms with E-state index in [1.54, 1.807) is 24.3 Å². The van der Waals surface area contributed by atoms with Gasteiger partial charge < -0.3 is 10.6 Å². The lowest BCUT2D eigenvalue weighted by Crippen LogP contribution is -2.22. The van der Waals surface area contributed by atoms with Gasteiger partial charge in [0.1, 0.15) is 6.04 Å². The standard InChI is InChI=1S/C11H11N3O3/c1-6(15)12-8-4-2-3-7(5-8)9-10(16)14-11(17)13-9/h2-5,9H,1H3,(H,12,15)(H2,13,14,16,17). The Kier molecular flexibility index (Phi) is 2.78. The summed E-state index contributed by atoms with van der Waals surface area (Å²) in [6.45, 7) is 1.40. The number of urea groups is 1. The fourth-order valence-corrected chi connectivity index (χ4v) is 1.65. The molecule has 1 heterocycles. The van der Waals surface area contributed by atoms with Gasteiger partial charge in [0.15, 0.2) is 0 Å². The van der Waals surface area contributed by atoms with E-state index in [2.05, 4.69) is 16.0 Å². The number of nitrogens with one attached hydrogen (secondary N) is 3. The molecule has 1 saturated heterocycles. The van der Waals surface area contributed by atoms with Crippen molar-refractivity contribution in [2.75, 3.05) is 5.32 Å². The number of rotatable bonds is 2. The van der Waals surface area contributed by atoms with E-state index >= 15 is 0 Å². The van der Waals surface area contributed by atoms with E-state index < -0.39 is 18.0 Å². The topological polar surface area (TPSA) is 87.3 Å². The van der Waals surface area contributed by atoms with E-state index in [9.17, 15) is 14.4 Å². The fourth-order valence-electron chi connectivity index (χ4n) is 1.65. The molecule has 0 spiro atoms. The summed E-state index contributed by atoms with van der Waals surface area (Å²) in [7, 11) is 0. The zero-order chi connectivity index (χ0) is 12.4. The third kappa shape index (κ3) is 2.41. The van der Waals surface area contributed by atoms with Gasteiger partial charge in [-0.3, -0.25) is 14.9 Å². The summed E-state index contributed by atoms with van der Waals surface area (Å²) in [5.41, 5.74) is 1.21. The van der Waals surface area contributed by atoms with Gasteiger partial charge in [0, 0.05) is 12.6 Å².